The van der Waals surface area contributed by atoms with E-state index in [0.29, 0.717) is 18.6 Å². The van der Waals surface area contributed by atoms with Crippen molar-refractivity contribution in [2.24, 2.45) is 0 Å². The second-order valence-corrected chi connectivity index (χ2v) is 6.09. The van der Waals surface area contributed by atoms with Gasteiger partial charge in [0, 0.05) is 25.2 Å². The maximum atomic E-state index is 12.2. The van der Waals surface area contributed by atoms with Crippen molar-refractivity contribution in [1.29, 1.82) is 0 Å². The summed E-state index contributed by atoms with van der Waals surface area (Å²) in [6.07, 6.45) is 6.02. The summed E-state index contributed by atoms with van der Waals surface area (Å²) in [6.45, 7) is 6.12. The number of nitrogens with zero attached hydrogens (tertiary/aromatic N) is 1. The minimum absolute atomic E-state index is 0.209. The molecule has 0 bridgehead atoms. The minimum Gasteiger partial charge on any atom is -0.338 e. The SMILES string of the molecule is CCNC(=O)NC(=O)C(C)N1CCCCC1CNC1CC1. The molecule has 2 fully saturated rings. The highest BCUT2D eigenvalue weighted by molar-refractivity contribution is 5.96. The number of hydrogen-bond donors (Lipinski definition) is 3. The number of urea groups is 1. The molecule has 2 unspecified atom stereocenters. The van der Waals surface area contributed by atoms with Gasteiger partial charge in [-0.3, -0.25) is 15.0 Å². The van der Waals surface area contributed by atoms with Crippen LogP contribution in [0.15, 0.2) is 0 Å². The van der Waals surface area contributed by atoms with Crippen molar-refractivity contribution >= 4 is 11.9 Å². The van der Waals surface area contributed by atoms with Gasteiger partial charge in [0.25, 0.3) is 0 Å². The first-order valence-electron chi connectivity index (χ1n) is 8.19. The van der Waals surface area contributed by atoms with E-state index in [1.165, 1.54) is 19.3 Å². The van der Waals surface area contributed by atoms with Gasteiger partial charge < -0.3 is 10.6 Å². The first-order chi connectivity index (χ1) is 10.1. The van der Waals surface area contributed by atoms with Gasteiger partial charge in [-0.1, -0.05) is 6.42 Å². The summed E-state index contributed by atoms with van der Waals surface area (Å²) >= 11 is 0. The molecule has 3 N–H and O–H groups in total. The van der Waals surface area contributed by atoms with Crippen LogP contribution in [0.25, 0.3) is 0 Å². The number of hydrogen-bond acceptors (Lipinski definition) is 4. The van der Waals surface area contributed by atoms with E-state index in [0.717, 1.165) is 25.9 Å². The Hall–Kier alpha value is -1.14. The number of piperidine rings is 1. The fourth-order valence-corrected chi connectivity index (χ4v) is 2.91. The molecule has 0 aromatic carbocycles. The predicted octanol–water partition coefficient (Wildman–Crippen LogP) is 0.827. The van der Waals surface area contributed by atoms with Gasteiger partial charge in [0.1, 0.15) is 0 Å². The predicted molar refractivity (Wildman–Crippen MR) is 82.0 cm³/mol. The van der Waals surface area contributed by atoms with Gasteiger partial charge >= 0.3 is 6.03 Å². The summed E-state index contributed by atoms with van der Waals surface area (Å²) in [5.74, 6) is -0.209. The molecule has 1 aliphatic heterocycles. The lowest BCUT2D eigenvalue weighted by molar-refractivity contribution is -0.126. The number of likely N-dealkylation sites (tertiary alicyclic amines) is 1. The van der Waals surface area contributed by atoms with Gasteiger partial charge in [-0.05, 0) is 46.1 Å². The highest BCUT2D eigenvalue weighted by Gasteiger charge is 2.32. The molecule has 0 radical (unpaired) electrons. The van der Waals surface area contributed by atoms with Gasteiger partial charge in [0.05, 0.1) is 6.04 Å². The Morgan fingerprint density at radius 2 is 2.00 bits per heavy atom. The third-order valence-corrected chi connectivity index (χ3v) is 4.34. The summed E-state index contributed by atoms with van der Waals surface area (Å²) < 4.78 is 0. The number of carbonyl (C=O) groups excluding carboxylic acids is 2. The Morgan fingerprint density at radius 1 is 1.24 bits per heavy atom. The first-order valence-corrected chi connectivity index (χ1v) is 8.19. The Kier molecular flexibility index (Phi) is 5.99. The molecule has 0 spiro atoms. The molecule has 2 aliphatic rings. The lowest BCUT2D eigenvalue weighted by Gasteiger charge is -2.39. The van der Waals surface area contributed by atoms with E-state index in [1.807, 2.05) is 13.8 Å². The van der Waals surface area contributed by atoms with Crippen molar-refractivity contribution in [1.82, 2.24) is 20.9 Å². The van der Waals surface area contributed by atoms with Gasteiger partial charge in [-0.25, -0.2) is 4.79 Å². The normalized spacial score (nSPS) is 24.4. The highest BCUT2D eigenvalue weighted by Crippen LogP contribution is 2.22. The zero-order valence-electron chi connectivity index (χ0n) is 13.2. The van der Waals surface area contributed by atoms with Crippen molar-refractivity contribution in [3.8, 4) is 0 Å². The zero-order chi connectivity index (χ0) is 15.2. The molecule has 1 aliphatic carbocycles. The molecule has 6 nitrogen and oxygen atoms in total. The second-order valence-electron chi connectivity index (χ2n) is 6.09. The Morgan fingerprint density at radius 3 is 2.67 bits per heavy atom. The van der Waals surface area contributed by atoms with Gasteiger partial charge in [0.2, 0.25) is 5.91 Å². The van der Waals surface area contributed by atoms with Crippen molar-refractivity contribution < 1.29 is 9.59 Å². The fraction of sp³-hybridized carbons (Fsp3) is 0.867. The minimum atomic E-state index is -0.404. The summed E-state index contributed by atoms with van der Waals surface area (Å²) in [7, 11) is 0. The Balaban J connectivity index is 1.85. The molecule has 6 heteroatoms. The van der Waals surface area contributed by atoms with Crippen LogP contribution in [0.4, 0.5) is 4.79 Å². The molecular weight excluding hydrogens is 268 g/mol. The van der Waals surface area contributed by atoms with Crippen LogP contribution in [0.1, 0.15) is 46.0 Å². The van der Waals surface area contributed by atoms with Crippen LogP contribution in [0.5, 0.6) is 0 Å². The van der Waals surface area contributed by atoms with Crippen molar-refractivity contribution in [3.63, 3.8) is 0 Å². The van der Waals surface area contributed by atoms with E-state index in [9.17, 15) is 9.59 Å². The standard InChI is InChI=1S/C15H28N4O2/c1-3-16-15(21)18-14(20)11(2)19-9-5-4-6-13(19)10-17-12-7-8-12/h11-13,17H,3-10H2,1-2H3,(H2,16,18,20,21). The third-order valence-electron chi connectivity index (χ3n) is 4.34. The molecule has 2 atom stereocenters. The largest absolute Gasteiger partial charge is 0.338 e. The molecule has 1 heterocycles. The van der Waals surface area contributed by atoms with Gasteiger partial charge in [-0.2, -0.15) is 0 Å². The van der Waals surface area contributed by atoms with E-state index in [-0.39, 0.29) is 11.9 Å². The van der Waals surface area contributed by atoms with Crippen molar-refractivity contribution in [3.05, 3.63) is 0 Å². The monoisotopic (exact) mass is 296 g/mol. The Bertz CT molecular complexity index is 371. The van der Waals surface area contributed by atoms with Crippen LogP contribution in [0.3, 0.4) is 0 Å². The van der Waals surface area contributed by atoms with Crippen molar-refractivity contribution in [2.45, 2.75) is 64.1 Å². The third kappa shape index (κ3) is 4.97. The highest BCUT2D eigenvalue weighted by atomic mass is 16.2. The summed E-state index contributed by atoms with van der Waals surface area (Å²) in [5, 5.41) is 8.58. The molecule has 120 valence electrons. The molecule has 21 heavy (non-hydrogen) atoms. The van der Waals surface area contributed by atoms with E-state index in [4.69, 9.17) is 0 Å². The van der Waals surface area contributed by atoms with E-state index >= 15 is 0 Å². The average Bonchev–Trinajstić information content (AvgIpc) is 3.29. The molecule has 1 saturated carbocycles. The number of amides is 3. The molecule has 3 amide bonds. The van der Waals surface area contributed by atoms with Gasteiger partial charge in [0.15, 0.2) is 0 Å². The van der Waals surface area contributed by atoms with Crippen LogP contribution in [-0.2, 0) is 4.79 Å². The second kappa shape index (κ2) is 7.75. The maximum absolute atomic E-state index is 12.2. The van der Waals surface area contributed by atoms with Gasteiger partial charge in [-0.15, -0.1) is 0 Å². The maximum Gasteiger partial charge on any atom is 0.321 e. The van der Waals surface area contributed by atoms with E-state index in [2.05, 4.69) is 20.9 Å². The molecule has 0 aromatic heterocycles. The van der Waals surface area contributed by atoms with Crippen LogP contribution in [0.2, 0.25) is 0 Å². The topological polar surface area (TPSA) is 73.5 Å². The van der Waals surface area contributed by atoms with E-state index < -0.39 is 6.03 Å². The van der Waals surface area contributed by atoms with Crippen LogP contribution in [-0.4, -0.2) is 54.6 Å². The number of imide groups is 1. The number of nitrogens with one attached hydrogen (secondary N) is 3. The summed E-state index contributed by atoms with van der Waals surface area (Å²) in [4.78, 5) is 25.9. The smallest absolute Gasteiger partial charge is 0.321 e. The molecule has 1 saturated heterocycles. The first kappa shape index (κ1) is 16.2. The van der Waals surface area contributed by atoms with Crippen LogP contribution >= 0.6 is 0 Å². The lowest BCUT2D eigenvalue weighted by atomic mass is 9.99. The van der Waals surface area contributed by atoms with Crippen LogP contribution in [0, 0.1) is 0 Å². The zero-order valence-corrected chi connectivity index (χ0v) is 13.2. The molecule has 2 rings (SSSR count). The summed E-state index contributed by atoms with van der Waals surface area (Å²) in [6, 6.07) is 0.417. The number of carbonyl (C=O) groups is 2. The lowest BCUT2D eigenvalue weighted by Crippen LogP contribution is -2.56. The molecule has 0 aromatic rings. The molecular formula is C15H28N4O2. The average molecular weight is 296 g/mol. The van der Waals surface area contributed by atoms with Crippen molar-refractivity contribution in [2.75, 3.05) is 19.6 Å². The van der Waals surface area contributed by atoms with E-state index in [1.54, 1.807) is 0 Å². The summed E-state index contributed by atoms with van der Waals surface area (Å²) in [5.41, 5.74) is 0. The Labute approximate surface area is 127 Å². The van der Waals surface area contributed by atoms with Crippen LogP contribution < -0.4 is 16.0 Å². The quantitative estimate of drug-likeness (QED) is 0.679. The fourth-order valence-electron chi connectivity index (χ4n) is 2.91. The number of rotatable bonds is 6.